The molecule has 140 valence electrons. The van der Waals surface area contributed by atoms with Gasteiger partial charge in [-0.25, -0.2) is 0 Å². The van der Waals surface area contributed by atoms with E-state index in [2.05, 4.69) is 17.6 Å². The lowest BCUT2D eigenvalue weighted by Crippen LogP contribution is -2.33. The van der Waals surface area contributed by atoms with Gasteiger partial charge in [-0.15, -0.1) is 0 Å². The van der Waals surface area contributed by atoms with Crippen molar-refractivity contribution in [1.29, 1.82) is 0 Å². The molecule has 2 rings (SSSR count). The summed E-state index contributed by atoms with van der Waals surface area (Å²) >= 11 is 0. The zero-order valence-corrected chi connectivity index (χ0v) is 15.7. The Labute approximate surface area is 150 Å². The van der Waals surface area contributed by atoms with E-state index < -0.39 is 0 Å². The molecule has 1 amide bonds. The third kappa shape index (κ3) is 5.26. The van der Waals surface area contributed by atoms with E-state index in [4.69, 9.17) is 14.2 Å². The second kappa shape index (κ2) is 9.51. The molecule has 0 saturated carbocycles. The van der Waals surface area contributed by atoms with E-state index in [0.29, 0.717) is 42.0 Å². The van der Waals surface area contributed by atoms with Crippen LogP contribution in [-0.2, 0) is 11.3 Å². The molecule has 0 bridgehead atoms. The van der Waals surface area contributed by atoms with Crippen LogP contribution < -0.4 is 24.8 Å². The number of rotatable bonds is 8. The van der Waals surface area contributed by atoms with E-state index >= 15 is 0 Å². The fourth-order valence-corrected chi connectivity index (χ4v) is 3.37. The highest BCUT2D eigenvalue weighted by Gasteiger charge is 2.22. The number of ether oxygens (including phenoxy) is 3. The molecule has 0 aliphatic carbocycles. The normalized spacial score (nSPS) is 16.2. The fraction of sp³-hybridized carbons (Fsp3) is 0.632. The highest BCUT2D eigenvalue weighted by atomic mass is 16.5. The van der Waals surface area contributed by atoms with Crippen molar-refractivity contribution in [1.82, 2.24) is 10.6 Å². The maximum absolute atomic E-state index is 12.3. The molecule has 0 aromatic heterocycles. The van der Waals surface area contributed by atoms with Gasteiger partial charge in [-0.3, -0.25) is 4.79 Å². The summed E-state index contributed by atoms with van der Waals surface area (Å²) in [6.07, 6.45) is 2.86. The lowest BCUT2D eigenvalue weighted by atomic mass is 9.84. The van der Waals surface area contributed by atoms with E-state index in [-0.39, 0.29) is 5.91 Å². The molecule has 1 aliphatic rings. The zero-order valence-electron chi connectivity index (χ0n) is 15.7. The number of hydrogen-bond donors (Lipinski definition) is 2. The summed E-state index contributed by atoms with van der Waals surface area (Å²) < 4.78 is 16.0. The van der Waals surface area contributed by atoms with Crippen LogP contribution in [0.2, 0.25) is 0 Å². The first-order valence-electron chi connectivity index (χ1n) is 8.85. The van der Waals surface area contributed by atoms with Crippen LogP contribution in [0.1, 0.15) is 31.7 Å². The molecule has 25 heavy (non-hydrogen) atoms. The Hall–Kier alpha value is -1.95. The first-order chi connectivity index (χ1) is 12.1. The lowest BCUT2D eigenvalue weighted by Gasteiger charge is -2.27. The van der Waals surface area contributed by atoms with Crippen molar-refractivity contribution in [2.75, 3.05) is 34.4 Å². The number of benzene rings is 1. The van der Waals surface area contributed by atoms with Crippen molar-refractivity contribution in [3.8, 4) is 17.2 Å². The minimum Gasteiger partial charge on any atom is -0.496 e. The van der Waals surface area contributed by atoms with E-state index in [1.165, 1.54) is 0 Å². The number of amides is 1. The van der Waals surface area contributed by atoms with Crippen LogP contribution in [0.5, 0.6) is 17.2 Å². The molecule has 6 heteroatoms. The standard InChI is InChI=1S/C19H30N2O4/c1-13(14-5-7-20-8-6-14)9-19(22)21-12-15-10-17(24-3)18(25-4)11-16(15)23-2/h10-11,13-14,20H,5-9,12H2,1-4H3,(H,21,22). The van der Waals surface area contributed by atoms with Crippen LogP contribution in [0.25, 0.3) is 0 Å². The zero-order chi connectivity index (χ0) is 18.2. The van der Waals surface area contributed by atoms with Crippen LogP contribution in [0.4, 0.5) is 0 Å². The number of piperidine rings is 1. The molecule has 1 aliphatic heterocycles. The summed E-state index contributed by atoms with van der Waals surface area (Å²) in [5, 5.41) is 6.37. The summed E-state index contributed by atoms with van der Waals surface area (Å²) in [6, 6.07) is 3.62. The smallest absolute Gasteiger partial charge is 0.220 e. The van der Waals surface area contributed by atoms with Gasteiger partial charge in [-0.2, -0.15) is 0 Å². The molecular weight excluding hydrogens is 320 g/mol. The molecule has 0 spiro atoms. The van der Waals surface area contributed by atoms with Gasteiger partial charge in [-0.1, -0.05) is 6.92 Å². The highest BCUT2D eigenvalue weighted by Crippen LogP contribution is 2.34. The summed E-state index contributed by atoms with van der Waals surface area (Å²) in [5.74, 6) is 2.99. The van der Waals surface area contributed by atoms with Gasteiger partial charge in [0.15, 0.2) is 11.5 Å². The van der Waals surface area contributed by atoms with Crippen LogP contribution in [0.3, 0.4) is 0 Å². The number of carbonyl (C=O) groups excluding carboxylic acids is 1. The van der Waals surface area contributed by atoms with Gasteiger partial charge in [0.2, 0.25) is 5.91 Å². The highest BCUT2D eigenvalue weighted by molar-refractivity contribution is 5.76. The number of hydrogen-bond acceptors (Lipinski definition) is 5. The maximum Gasteiger partial charge on any atom is 0.220 e. The van der Waals surface area contributed by atoms with Gasteiger partial charge in [0.1, 0.15) is 5.75 Å². The Morgan fingerprint density at radius 1 is 1.12 bits per heavy atom. The molecular formula is C19H30N2O4. The average molecular weight is 350 g/mol. The molecule has 1 fully saturated rings. The summed E-state index contributed by atoms with van der Waals surface area (Å²) in [5.41, 5.74) is 0.864. The van der Waals surface area contributed by atoms with Crippen LogP contribution in [0, 0.1) is 11.8 Å². The second-order valence-electron chi connectivity index (χ2n) is 6.56. The Bertz CT molecular complexity index is 571. The van der Waals surface area contributed by atoms with E-state index in [1.807, 2.05) is 6.07 Å². The Kier molecular flexibility index (Phi) is 7.37. The van der Waals surface area contributed by atoms with Gasteiger partial charge in [-0.05, 0) is 43.8 Å². The molecule has 2 N–H and O–H groups in total. The molecule has 1 unspecified atom stereocenters. The topological polar surface area (TPSA) is 68.8 Å². The number of methoxy groups -OCH3 is 3. The van der Waals surface area contributed by atoms with Crippen LogP contribution >= 0.6 is 0 Å². The Balaban J connectivity index is 1.94. The maximum atomic E-state index is 12.3. The molecule has 1 aromatic carbocycles. The van der Waals surface area contributed by atoms with Gasteiger partial charge in [0.05, 0.1) is 21.3 Å². The fourth-order valence-electron chi connectivity index (χ4n) is 3.37. The van der Waals surface area contributed by atoms with Gasteiger partial charge in [0.25, 0.3) is 0 Å². The predicted octanol–water partition coefficient (Wildman–Crippen LogP) is 2.35. The van der Waals surface area contributed by atoms with E-state index in [1.54, 1.807) is 27.4 Å². The molecule has 1 saturated heterocycles. The Morgan fingerprint density at radius 3 is 2.32 bits per heavy atom. The van der Waals surface area contributed by atoms with Crippen molar-refractivity contribution in [2.24, 2.45) is 11.8 Å². The SMILES string of the molecule is COc1cc(OC)c(OC)cc1CNC(=O)CC(C)C1CCNCC1. The first kappa shape index (κ1) is 19.4. The lowest BCUT2D eigenvalue weighted by molar-refractivity contribution is -0.122. The van der Waals surface area contributed by atoms with Crippen molar-refractivity contribution in [3.63, 3.8) is 0 Å². The molecule has 1 heterocycles. The monoisotopic (exact) mass is 350 g/mol. The van der Waals surface area contributed by atoms with Crippen LogP contribution in [0.15, 0.2) is 12.1 Å². The van der Waals surface area contributed by atoms with Crippen LogP contribution in [-0.4, -0.2) is 40.3 Å². The van der Waals surface area contributed by atoms with Crippen molar-refractivity contribution >= 4 is 5.91 Å². The van der Waals surface area contributed by atoms with Crippen molar-refractivity contribution < 1.29 is 19.0 Å². The van der Waals surface area contributed by atoms with E-state index in [9.17, 15) is 4.79 Å². The first-order valence-corrected chi connectivity index (χ1v) is 8.85. The Morgan fingerprint density at radius 2 is 1.72 bits per heavy atom. The van der Waals surface area contributed by atoms with Crippen molar-refractivity contribution in [3.05, 3.63) is 17.7 Å². The van der Waals surface area contributed by atoms with Gasteiger partial charge < -0.3 is 24.8 Å². The van der Waals surface area contributed by atoms with Gasteiger partial charge in [0, 0.05) is 24.6 Å². The summed E-state index contributed by atoms with van der Waals surface area (Å²) in [6.45, 7) is 4.69. The minimum atomic E-state index is 0.0721. The van der Waals surface area contributed by atoms with Crippen molar-refractivity contribution in [2.45, 2.75) is 32.7 Å². The molecule has 1 aromatic rings. The summed E-state index contributed by atoms with van der Waals surface area (Å²) in [7, 11) is 4.78. The largest absolute Gasteiger partial charge is 0.496 e. The number of carbonyl (C=O) groups is 1. The quantitative estimate of drug-likeness (QED) is 0.753. The molecule has 6 nitrogen and oxygen atoms in total. The molecule has 0 radical (unpaired) electrons. The number of nitrogens with one attached hydrogen (secondary N) is 2. The van der Waals surface area contributed by atoms with E-state index in [0.717, 1.165) is 31.5 Å². The minimum absolute atomic E-state index is 0.0721. The predicted molar refractivity (Wildman–Crippen MR) is 97.3 cm³/mol. The second-order valence-corrected chi connectivity index (χ2v) is 6.56. The van der Waals surface area contributed by atoms with Gasteiger partial charge >= 0.3 is 0 Å². The third-order valence-electron chi connectivity index (χ3n) is 4.96. The summed E-state index contributed by atoms with van der Waals surface area (Å²) in [4.78, 5) is 12.3. The third-order valence-corrected chi connectivity index (χ3v) is 4.96. The average Bonchev–Trinajstić information content (AvgIpc) is 2.66. The molecule has 1 atom stereocenters.